The molecule has 1 aromatic carbocycles. The molecule has 0 aromatic heterocycles. The maximum absolute atomic E-state index is 13.5. The van der Waals surface area contributed by atoms with Crippen LogP contribution in [0.15, 0.2) is 18.2 Å². The fourth-order valence-corrected chi connectivity index (χ4v) is 1.70. The van der Waals surface area contributed by atoms with E-state index in [1.165, 1.54) is 0 Å². The van der Waals surface area contributed by atoms with Crippen molar-refractivity contribution in [3.63, 3.8) is 0 Å². The number of nitrogens with two attached hydrogens (primary N) is 1. The van der Waals surface area contributed by atoms with E-state index in [0.717, 1.165) is 25.1 Å². The number of benzene rings is 1. The van der Waals surface area contributed by atoms with Crippen molar-refractivity contribution in [2.24, 2.45) is 5.73 Å². The van der Waals surface area contributed by atoms with E-state index >= 15 is 0 Å². The summed E-state index contributed by atoms with van der Waals surface area (Å²) in [5, 5.41) is 19.1. The molecule has 0 saturated heterocycles. The maximum Gasteiger partial charge on any atom is 0.292 e. The molecule has 1 rings (SSSR count). The summed E-state index contributed by atoms with van der Waals surface area (Å²) in [6.07, 6.45) is 0. The van der Waals surface area contributed by atoms with E-state index in [-0.39, 0.29) is 10.6 Å². The molecule has 18 heavy (non-hydrogen) atoms. The number of alkyl halides is 2. The number of nitro groups is 1. The maximum atomic E-state index is 13.5. The Labute approximate surface area is 106 Å². The van der Waals surface area contributed by atoms with Gasteiger partial charge in [0.15, 0.2) is 0 Å². The Hall–Kier alpha value is -1.31. The number of nitro benzene ring substituents is 1. The summed E-state index contributed by atoms with van der Waals surface area (Å²) in [4.78, 5) is 9.85. The standard InChI is InChI=1S/C10H11ClF2N2O3/c1-9(14,10(12,13)5-16)7-4-6(15(17)18)2-3-8(7)11/h2-4,16H,5,14H2,1H3. The Morgan fingerprint density at radius 3 is 2.56 bits per heavy atom. The van der Waals surface area contributed by atoms with Gasteiger partial charge < -0.3 is 10.8 Å². The highest BCUT2D eigenvalue weighted by Crippen LogP contribution is 2.39. The molecule has 0 aliphatic heterocycles. The van der Waals surface area contributed by atoms with Crippen LogP contribution in [0, 0.1) is 10.1 Å². The predicted octanol–water partition coefficient (Wildman–Crippen LogP) is 2.05. The average Bonchev–Trinajstić information content (AvgIpc) is 2.28. The first-order valence-electron chi connectivity index (χ1n) is 4.85. The van der Waals surface area contributed by atoms with E-state index < -0.39 is 28.7 Å². The van der Waals surface area contributed by atoms with Crippen LogP contribution in [0.5, 0.6) is 0 Å². The summed E-state index contributed by atoms with van der Waals surface area (Å²) in [5.74, 6) is -3.66. The van der Waals surface area contributed by atoms with Gasteiger partial charge in [0.2, 0.25) is 0 Å². The van der Waals surface area contributed by atoms with Crippen molar-refractivity contribution < 1.29 is 18.8 Å². The third-order valence-electron chi connectivity index (χ3n) is 2.68. The van der Waals surface area contributed by atoms with Crippen molar-refractivity contribution in [1.82, 2.24) is 0 Å². The zero-order valence-electron chi connectivity index (χ0n) is 9.36. The number of aliphatic hydroxyl groups excluding tert-OH is 1. The highest BCUT2D eigenvalue weighted by Gasteiger charge is 2.49. The fourth-order valence-electron chi connectivity index (χ4n) is 1.39. The molecule has 1 atom stereocenters. The molecule has 1 unspecified atom stereocenters. The van der Waals surface area contributed by atoms with Gasteiger partial charge >= 0.3 is 0 Å². The van der Waals surface area contributed by atoms with Gasteiger partial charge in [0, 0.05) is 22.7 Å². The van der Waals surface area contributed by atoms with Crippen LogP contribution in [0.25, 0.3) is 0 Å². The lowest BCUT2D eigenvalue weighted by molar-refractivity contribution is -0.385. The van der Waals surface area contributed by atoms with Gasteiger partial charge in [-0.25, -0.2) is 8.78 Å². The van der Waals surface area contributed by atoms with Gasteiger partial charge in [-0.2, -0.15) is 0 Å². The topological polar surface area (TPSA) is 89.4 Å². The van der Waals surface area contributed by atoms with Crippen LogP contribution in [-0.4, -0.2) is 22.6 Å². The van der Waals surface area contributed by atoms with Crippen LogP contribution >= 0.6 is 11.6 Å². The molecule has 0 radical (unpaired) electrons. The van der Waals surface area contributed by atoms with Crippen molar-refractivity contribution >= 4 is 17.3 Å². The van der Waals surface area contributed by atoms with Gasteiger partial charge in [0.1, 0.15) is 12.1 Å². The van der Waals surface area contributed by atoms with Gasteiger partial charge in [-0.15, -0.1) is 0 Å². The lowest BCUT2D eigenvalue weighted by Gasteiger charge is -2.33. The quantitative estimate of drug-likeness (QED) is 0.652. The largest absolute Gasteiger partial charge is 0.390 e. The minimum atomic E-state index is -3.66. The van der Waals surface area contributed by atoms with Crippen LogP contribution in [0.2, 0.25) is 5.02 Å². The molecule has 0 bridgehead atoms. The summed E-state index contributed by atoms with van der Waals surface area (Å²) in [6.45, 7) is -0.535. The molecular formula is C10H11ClF2N2O3. The first-order chi connectivity index (χ1) is 8.13. The van der Waals surface area contributed by atoms with E-state index in [4.69, 9.17) is 22.4 Å². The minimum Gasteiger partial charge on any atom is -0.390 e. The van der Waals surface area contributed by atoms with E-state index in [0.29, 0.717) is 0 Å². The number of rotatable bonds is 4. The fraction of sp³-hybridized carbons (Fsp3) is 0.400. The van der Waals surface area contributed by atoms with Crippen LogP contribution in [-0.2, 0) is 5.54 Å². The third kappa shape index (κ3) is 2.43. The van der Waals surface area contributed by atoms with Gasteiger partial charge in [-0.3, -0.25) is 10.1 Å². The van der Waals surface area contributed by atoms with Gasteiger partial charge in [0.05, 0.1) is 4.92 Å². The molecule has 1 aromatic rings. The number of nitrogens with zero attached hydrogens (tertiary/aromatic N) is 1. The summed E-state index contributed by atoms with van der Waals surface area (Å²) >= 11 is 5.73. The SMILES string of the molecule is CC(N)(c1cc([N+](=O)[O-])ccc1Cl)C(F)(F)CO. The van der Waals surface area contributed by atoms with Crippen LogP contribution in [0.1, 0.15) is 12.5 Å². The monoisotopic (exact) mass is 280 g/mol. The molecule has 0 spiro atoms. The molecule has 0 aliphatic rings. The summed E-state index contributed by atoms with van der Waals surface area (Å²) in [6, 6.07) is 3.08. The highest BCUT2D eigenvalue weighted by molar-refractivity contribution is 6.31. The number of hydrogen-bond acceptors (Lipinski definition) is 4. The van der Waals surface area contributed by atoms with Gasteiger partial charge in [-0.05, 0) is 13.0 Å². The molecule has 0 amide bonds. The summed E-state index contributed by atoms with van der Waals surface area (Å²) in [7, 11) is 0. The highest BCUT2D eigenvalue weighted by atomic mass is 35.5. The molecule has 0 heterocycles. The molecule has 100 valence electrons. The predicted molar refractivity (Wildman–Crippen MR) is 61.7 cm³/mol. The molecular weight excluding hydrogens is 270 g/mol. The Morgan fingerprint density at radius 1 is 1.56 bits per heavy atom. The van der Waals surface area contributed by atoms with Crippen molar-refractivity contribution in [3.05, 3.63) is 38.9 Å². The van der Waals surface area contributed by atoms with Gasteiger partial charge in [-0.1, -0.05) is 11.6 Å². The molecule has 0 fully saturated rings. The average molecular weight is 281 g/mol. The molecule has 0 aliphatic carbocycles. The summed E-state index contributed by atoms with van der Waals surface area (Å²) < 4.78 is 27.1. The number of aliphatic hydroxyl groups is 1. The van der Waals surface area contributed by atoms with E-state index in [9.17, 15) is 18.9 Å². The lowest BCUT2D eigenvalue weighted by Crippen LogP contribution is -2.52. The molecule has 5 nitrogen and oxygen atoms in total. The molecule has 8 heteroatoms. The van der Waals surface area contributed by atoms with Crippen LogP contribution in [0.3, 0.4) is 0 Å². The van der Waals surface area contributed by atoms with E-state index in [1.54, 1.807) is 0 Å². The first-order valence-corrected chi connectivity index (χ1v) is 5.23. The minimum absolute atomic E-state index is 0.126. The second kappa shape index (κ2) is 4.75. The Morgan fingerprint density at radius 2 is 2.11 bits per heavy atom. The second-order valence-corrected chi connectivity index (χ2v) is 4.39. The molecule has 3 N–H and O–H groups in total. The Bertz CT molecular complexity index is 480. The smallest absolute Gasteiger partial charge is 0.292 e. The number of halogens is 3. The Kier molecular flexibility index (Phi) is 3.89. The van der Waals surface area contributed by atoms with E-state index in [2.05, 4.69) is 0 Å². The van der Waals surface area contributed by atoms with Crippen molar-refractivity contribution in [3.8, 4) is 0 Å². The van der Waals surface area contributed by atoms with Crippen molar-refractivity contribution in [2.75, 3.05) is 6.61 Å². The van der Waals surface area contributed by atoms with Gasteiger partial charge in [0.25, 0.3) is 11.6 Å². The Balaban J connectivity index is 3.40. The second-order valence-electron chi connectivity index (χ2n) is 3.99. The zero-order chi connectivity index (χ0) is 14.1. The number of non-ortho nitro benzene ring substituents is 1. The molecule has 0 saturated carbocycles. The third-order valence-corrected chi connectivity index (χ3v) is 3.01. The van der Waals surface area contributed by atoms with Crippen LogP contribution in [0.4, 0.5) is 14.5 Å². The van der Waals surface area contributed by atoms with Crippen molar-refractivity contribution in [1.29, 1.82) is 0 Å². The van der Waals surface area contributed by atoms with Crippen LogP contribution < -0.4 is 5.73 Å². The normalized spacial score (nSPS) is 15.2. The first kappa shape index (κ1) is 14.7. The summed E-state index contributed by atoms with van der Waals surface area (Å²) in [5.41, 5.74) is 2.47. The number of hydrogen-bond donors (Lipinski definition) is 2. The van der Waals surface area contributed by atoms with E-state index in [1.807, 2.05) is 0 Å². The van der Waals surface area contributed by atoms with Crippen molar-refractivity contribution in [2.45, 2.75) is 18.4 Å². The lowest BCUT2D eigenvalue weighted by atomic mass is 9.86. The zero-order valence-corrected chi connectivity index (χ0v) is 10.1.